The van der Waals surface area contributed by atoms with E-state index in [9.17, 15) is 8.78 Å². The molecule has 0 atom stereocenters. The van der Waals surface area contributed by atoms with E-state index in [0.29, 0.717) is 5.82 Å². The summed E-state index contributed by atoms with van der Waals surface area (Å²) >= 11 is 0. The molecule has 0 saturated heterocycles. The number of anilines is 1. The van der Waals surface area contributed by atoms with Crippen LogP contribution >= 0.6 is 0 Å². The Labute approximate surface area is 97.1 Å². The van der Waals surface area contributed by atoms with Crippen molar-refractivity contribution >= 4 is 5.82 Å². The minimum Gasteiger partial charge on any atom is -0.439 e. The summed E-state index contributed by atoms with van der Waals surface area (Å²) in [5.74, 6) is -0.431. The van der Waals surface area contributed by atoms with Crippen molar-refractivity contribution in [1.29, 1.82) is 0 Å². The number of ether oxygens (including phenoxy) is 1. The van der Waals surface area contributed by atoms with Crippen LogP contribution in [0.1, 0.15) is 0 Å². The molecule has 0 aliphatic heterocycles. The van der Waals surface area contributed by atoms with E-state index in [1.165, 1.54) is 0 Å². The average Bonchev–Trinajstić information content (AvgIpc) is 2.28. The van der Waals surface area contributed by atoms with E-state index in [2.05, 4.69) is 10.3 Å². The number of halogens is 2. The van der Waals surface area contributed by atoms with E-state index in [1.54, 1.807) is 25.2 Å². The molecule has 0 unspecified atom stereocenters. The molecule has 0 amide bonds. The van der Waals surface area contributed by atoms with E-state index < -0.39 is 11.6 Å². The van der Waals surface area contributed by atoms with Gasteiger partial charge in [-0.25, -0.2) is 8.78 Å². The summed E-state index contributed by atoms with van der Waals surface area (Å²) in [4.78, 5) is 4.07. The summed E-state index contributed by atoms with van der Waals surface area (Å²) in [5.41, 5.74) is 0. The lowest BCUT2D eigenvalue weighted by Gasteiger charge is -2.06. The van der Waals surface area contributed by atoms with Crippen LogP contribution in [0, 0.1) is 11.6 Å². The van der Waals surface area contributed by atoms with Crippen molar-refractivity contribution in [2.24, 2.45) is 0 Å². The first-order valence-corrected chi connectivity index (χ1v) is 4.96. The number of hydrogen-bond donors (Lipinski definition) is 1. The Balaban J connectivity index is 2.24. The molecule has 5 heteroatoms. The van der Waals surface area contributed by atoms with Gasteiger partial charge in [-0.2, -0.15) is 4.98 Å². The lowest BCUT2D eigenvalue weighted by atomic mass is 10.3. The highest BCUT2D eigenvalue weighted by atomic mass is 19.1. The Morgan fingerprint density at radius 1 is 1.12 bits per heavy atom. The van der Waals surface area contributed by atoms with Crippen molar-refractivity contribution in [3.63, 3.8) is 0 Å². The van der Waals surface area contributed by atoms with Crippen LogP contribution in [0.25, 0.3) is 0 Å². The van der Waals surface area contributed by atoms with Crippen LogP contribution in [-0.4, -0.2) is 12.0 Å². The van der Waals surface area contributed by atoms with Crippen LogP contribution in [0.4, 0.5) is 14.6 Å². The van der Waals surface area contributed by atoms with Gasteiger partial charge in [0.1, 0.15) is 23.2 Å². The molecule has 0 saturated carbocycles. The van der Waals surface area contributed by atoms with Gasteiger partial charge >= 0.3 is 0 Å². The molecule has 1 aromatic heterocycles. The molecule has 0 spiro atoms. The standard InChI is InChI=1S/C12H10F2N2O/c1-15-11-3-2-4-12(16-11)17-10-6-8(13)5-9(14)7-10/h2-7H,1H3,(H,15,16). The minimum absolute atomic E-state index is 0.0725. The Morgan fingerprint density at radius 2 is 1.82 bits per heavy atom. The van der Waals surface area contributed by atoms with Gasteiger partial charge in [-0.05, 0) is 6.07 Å². The number of pyridine rings is 1. The van der Waals surface area contributed by atoms with E-state index in [4.69, 9.17) is 4.74 Å². The Hall–Kier alpha value is -2.17. The minimum atomic E-state index is -0.690. The molecule has 3 nitrogen and oxygen atoms in total. The molecule has 1 aromatic carbocycles. The number of rotatable bonds is 3. The normalized spacial score (nSPS) is 10.1. The molecule has 1 heterocycles. The number of hydrogen-bond acceptors (Lipinski definition) is 3. The maximum Gasteiger partial charge on any atom is 0.221 e. The highest BCUT2D eigenvalue weighted by Gasteiger charge is 2.04. The molecule has 17 heavy (non-hydrogen) atoms. The first kappa shape index (κ1) is 11.3. The van der Waals surface area contributed by atoms with E-state index in [0.717, 1.165) is 18.2 Å². The van der Waals surface area contributed by atoms with Crippen LogP contribution in [0.2, 0.25) is 0 Å². The molecule has 0 aliphatic rings. The Morgan fingerprint density at radius 3 is 2.47 bits per heavy atom. The molecular weight excluding hydrogens is 226 g/mol. The first-order valence-electron chi connectivity index (χ1n) is 4.96. The fraction of sp³-hybridized carbons (Fsp3) is 0.0833. The maximum absolute atomic E-state index is 12.9. The predicted molar refractivity (Wildman–Crippen MR) is 60.2 cm³/mol. The third-order valence-electron chi connectivity index (χ3n) is 2.04. The summed E-state index contributed by atoms with van der Waals surface area (Å²) in [5, 5.41) is 2.84. The highest BCUT2D eigenvalue weighted by Crippen LogP contribution is 2.22. The Kier molecular flexibility index (Phi) is 3.18. The van der Waals surface area contributed by atoms with Crippen molar-refractivity contribution in [3.05, 3.63) is 48.0 Å². The van der Waals surface area contributed by atoms with Crippen LogP contribution in [0.3, 0.4) is 0 Å². The molecular formula is C12H10F2N2O. The number of nitrogens with one attached hydrogen (secondary N) is 1. The topological polar surface area (TPSA) is 34.1 Å². The lowest BCUT2D eigenvalue weighted by Crippen LogP contribution is -1.94. The zero-order valence-electron chi connectivity index (χ0n) is 9.08. The summed E-state index contributed by atoms with van der Waals surface area (Å²) in [6.45, 7) is 0. The predicted octanol–water partition coefficient (Wildman–Crippen LogP) is 3.19. The Bertz CT molecular complexity index is 511. The van der Waals surface area contributed by atoms with Crippen molar-refractivity contribution in [1.82, 2.24) is 4.98 Å². The molecule has 0 fully saturated rings. The van der Waals surface area contributed by atoms with Gasteiger partial charge in [0.25, 0.3) is 0 Å². The third-order valence-corrected chi connectivity index (χ3v) is 2.04. The van der Waals surface area contributed by atoms with Crippen LogP contribution < -0.4 is 10.1 Å². The summed E-state index contributed by atoms with van der Waals surface area (Å²) in [7, 11) is 1.72. The van der Waals surface area contributed by atoms with Gasteiger partial charge in [0.2, 0.25) is 5.88 Å². The SMILES string of the molecule is CNc1cccc(Oc2cc(F)cc(F)c2)n1. The average molecular weight is 236 g/mol. The van der Waals surface area contributed by atoms with Gasteiger partial charge in [-0.3, -0.25) is 0 Å². The zero-order valence-corrected chi connectivity index (χ0v) is 9.08. The molecule has 88 valence electrons. The fourth-order valence-corrected chi connectivity index (χ4v) is 1.32. The van der Waals surface area contributed by atoms with Crippen molar-refractivity contribution in [2.75, 3.05) is 12.4 Å². The summed E-state index contributed by atoms with van der Waals surface area (Å²) in [6, 6.07) is 8.05. The first-order chi connectivity index (χ1) is 8.17. The van der Waals surface area contributed by atoms with Gasteiger partial charge in [0.15, 0.2) is 0 Å². The molecule has 1 N–H and O–H groups in total. The zero-order chi connectivity index (χ0) is 12.3. The molecule has 0 bridgehead atoms. The molecule has 0 aliphatic carbocycles. The van der Waals surface area contributed by atoms with E-state index >= 15 is 0 Å². The summed E-state index contributed by atoms with van der Waals surface area (Å²) in [6.07, 6.45) is 0. The van der Waals surface area contributed by atoms with Crippen molar-refractivity contribution < 1.29 is 13.5 Å². The quantitative estimate of drug-likeness (QED) is 0.888. The van der Waals surface area contributed by atoms with Crippen LogP contribution in [0.5, 0.6) is 11.6 Å². The molecule has 0 radical (unpaired) electrons. The van der Waals surface area contributed by atoms with Gasteiger partial charge in [-0.1, -0.05) is 6.07 Å². The van der Waals surface area contributed by atoms with Gasteiger partial charge < -0.3 is 10.1 Å². The van der Waals surface area contributed by atoms with Gasteiger partial charge in [0, 0.05) is 31.3 Å². The maximum atomic E-state index is 12.9. The van der Waals surface area contributed by atoms with E-state index in [-0.39, 0.29) is 11.6 Å². The van der Waals surface area contributed by atoms with Crippen LogP contribution in [-0.2, 0) is 0 Å². The second kappa shape index (κ2) is 4.78. The number of nitrogens with zero attached hydrogens (tertiary/aromatic N) is 1. The largest absolute Gasteiger partial charge is 0.439 e. The van der Waals surface area contributed by atoms with Crippen molar-refractivity contribution in [2.45, 2.75) is 0 Å². The number of benzene rings is 1. The summed E-state index contributed by atoms with van der Waals surface area (Å²) < 4.78 is 31.1. The third kappa shape index (κ3) is 2.90. The van der Waals surface area contributed by atoms with E-state index in [1.807, 2.05) is 0 Å². The van der Waals surface area contributed by atoms with Gasteiger partial charge in [-0.15, -0.1) is 0 Å². The van der Waals surface area contributed by atoms with Crippen LogP contribution in [0.15, 0.2) is 36.4 Å². The second-order valence-electron chi connectivity index (χ2n) is 3.32. The fourth-order valence-electron chi connectivity index (χ4n) is 1.32. The second-order valence-corrected chi connectivity index (χ2v) is 3.32. The van der Waals surface area contributed by atoms with Crippen molar-refractivity contribution in [3.8, 4) is 11.6 Å². The molecule has 2 aromatic rings. The number of aromatic nitrogens is 1. The monoisotopic (exact) mass is 236 g/mol. The van der Waals surface area contributed by atoms with Gasteiger partial charge in [0.05, 0.1) is 0 Å². The highest BCUT2D eigenvalue weighted by molar-refractivity contribution is 5.37. The lowest BCUT2D eigenvalue weighted by molar-refractivity contribution is 0.452. The molecule has 2 rings (SSSR count). The smallest absolute Gasteiger partial charge is 0.221 e.